The van der Waals surface area contributed by atoms with E-state index in [1.54, 1.807) is 0 Å². The number of anilines is 2. The zero-order valence-electron chi connectivity index (χ0n) is 6.96. The molecule has 0 aliphatic rings. The first kappa shape index (κ1) is 7.92. The summed E-state index contributed by atoms with van der Waals surface area (Å²) in [5.41, 5.74) is 7.45. The van der Waals surface area contributed by atoms with Crippen LogP contribution < -0.4 is 11.1 Å². The molecule has 0 saturated carbocycles. The van der Waals surface area contributed by atoms with Crippen molar-refractivity contribution in [2.75, 3.05) is 11.1 Å². The Bertz CT molecular complexity index is 214. The Kier molecular flexibility index (Phi) is 2.36. The first-order valence-corrected chi connectivity index (χ1v) is 3.80. The third-order valence-corrected chi connectivity index (χ3v) is 1.37. The topological polar surface area (TPSA) is 38.0 Å². The highest BCUT2D eigenvalue weighted by atomic mass is 14.9. The minimum Gasteiger partial charge on any atom is -0.399 e. The lowest BCUT2D eigenvalue weighted by Crippen LogP contribution is -2.09. The minimum absolute atomic E-state index is 0.471. The summed E-state index contributed by atoms with van der Waals surface area (Å²) >= 11 is 0. The van der Waals surface area contributed by atoms with Crippen LogP contribution in [0.3, 0.4) is 0 Å². The van der Waals surface area contributed by atoms with Crippen molar-refractivity contribution < 1.29 is 0 Å². The van der Waals surface area contributed by atoms with Gasteiger partial charge < -0.3 is 11.1 Å². The Labute approximate surface area is 67.4 Å². The van der Waals surface area contributed by atoms with Crippen LogP contribution in [0.1, 0.15) is 13.8 Å². The van der Waals surface area contributed by atoms with Gasteiger partial charge in [-0.05, 0) is 38.1 Å². The van der Waals surface area contributed by atoms with Crippen molar-refractivity contribution in [1.29, 1.82) is 0 Å². The largest absolute Gasteiger partial charge is 0.399 e. The standard InChI is InChI=1S/C9H14N2/c1-7(2)11-9-5-3-8(10)4-6-9/h3-7,11H,10H2,1-2H3. The molecule has 0 aromatic heterocycles. The van der Waals surface area contributed by atoms with E-state index in [0.717, 1.165) is 11.4 Å². The zero-order valence-corrected chi connectivity index (χ0v) is 6.96. The Balaban J connectivity index is 2.66. The number of hydrogen-bond acceptors (Lipinski definition) is 2. The summed E-state index contributed by atoms with van der Waals surface area (Å²) < 4.78 is 0. The van der Waals surface area contributed by atoms with Crippen molar-refractivity contribution in [2.24, 2.45) is 0 Å². The molecule has 2 nitrogen and oxygen atoms in total. The van der Waals surface area contributed by atoms with Crippen LogP contribution in [0.2, 0.25) is 0 Å². The van der Waals surface area contributed by atoms with Gasteiger partial charge in [0, 0.05) is 17.4 Å². The van der Waals surface area contributed by atoms with Crippen LogP contribution >= 0.6 is 0 Å². The predicted octanol–water partition coefficient (Wildman–Crippen LogP) is 2.09. The van der Waals surface area contributed by atoms with Crippen LogP contribution in [0.5, 0.6) is 0 Å². The second kappa shape index (κ2) is 3.28. The Morgan fingerprint density at radius 3 is 2.18 bits per heavy atom. The van der Waals surface area contributed by atoms with E-state index in [4.69, 9.17) is 5.73 Å². The van der Waals surface area contributed by atoms with E-state index in [2.05, 4.69) is 19.2 Å². The fourth-order valence-corrected chi connectivity index (χ4v) is 0.913. The normalized spacial score (nSPS) is 10.1. The summed E-state index contributed by atoms with van der Waals surface area (Å²) in [5, 5.41) is 3.28. The molecule has 11 heavy (non-hydrogen) atoms. The molecule has 0 fully saturated rings. The zero-order chi connectivity index (χ0) is 8.27. The van der Waals surface area contributed by atoms with Gasteiger partial charge in [0.15, 0.2) is 0 Å². The fourth-order valence-electron chi connectivity index (χ4n) is 0.913. The highest BCUT2D eigenvalue weighted by molar-refractivity contribution is 5.51. The fraction of sp³-hybridized carbons (Fsp3) is 0.333. The molecule has 0 aliphatic carbocycles. The number of benzene rings is 1. The maximum absolute atomic E-state index is 5.53. The van der Waals surface area contributed by atoms with Gasteiger partial charge in [0.2, 0.25) is 0 Å². The van der Waals surface area contributed by atoms with Gasteiger partial charge >= 0.3 is 0 Å². The van der Waals surface area contributed by atoms with E-state index < -0.39 is 0 Å². The predicted molar refractivity (Wildman–Crippen MR) is 49.6 cm³/mol. The summed E-state index contributed by atoms with van der Waals surface area (Å²) in [6.45, 7) is 4.21. The summed E-state index contributed by atoms with van der Waals surface area (Å²) in [6, 6.07) is 8.22. The molecule has 1 rings (SSSR count). The molecule has 2 heteroatoms. The molecule has 0 unspecified atom stereocenters. The lowest BCUT2D eigenvalue weighted by Gasteiger charge is -2.09. The Morgan fingerprint density at radius 1 is 1.18 bits per heavy atom. The number of nitrogen functional groups attached to an aromatic ring is 1. The second-order valence-corrected chi connectivity index (χ2v) is 2.92. The highest BCUT2D eigenvalue weighted by Gasteiger charge is 1.92. The molecule has 0 amide bonds. The summed E-state index contributed by atoms with van der Waals surface area (Å²) in [7, 11) is 0. The molecule has 0 saturated heterocycles. The number of rotatable bonds is 2. The van der Waals surface area contributed by atoms with Gasteiger partial charge in [-0.3, -0.25) is 0 Å². The van der Waals surface area contributed by atoms with Crippen molar-refractivity contribution in [1.82, 2.24) is 0 Å². The first-order valence-electron chi connectivity index (χ1n) is 3.80. The third-order valence-electron chi connectivity index (χ3n) is 1.37. The maximum atomic E-state index is 5.53. The number of nitrogens with two attached hydrogens (primary N) is 1. The van der Waals surface area contributed by atoms with Crippen molar-refractivity contribution in [3.63, 3.8) is 0 Å². The van der Waals surface area contributed by atoms with Crippen LogP contribution in [-0.2, 0) is 0 Å². The van der Waals surface area contributed by atoms with E-state index >= 15 is 0 Å². The van der Waals surface area contributed by atoms with E-state index in [9.17, 15) is 0 Å². The molecular formula is C9H14N2. The quantitative estimate of drug-likeness (QED) is 0.633. The van der Waals surface area contributed by atoms with E-state index in [-0.39, 0.29) is 0 Å². The number of nitrogens with one attached hydrogen (secondary N) is 1. The van der Waals surface area contributed by atoms with Gasteiger partial charge in [0.05, 0.1) is 0 Å². The number of hydrogen-bond donors (Lipinski definition) is 2. The summed E-state index contributed by atoms with van der Waals surface area (Å²) in [6.07, 6.45) is 0. The van der Waals surface area contributed by atoms with Crippen molar-refractivity contribution in [2.45, 2.75) is 19.9 Å². The van der Waals surface area contributed by atoms with Gasteiger partial charge in [0.1, 0.15) is 0 Å². The molecule has 0 bridgehead atoms. The van der Waals surface area contributed by atoms with Crippen molar-refractivity contribution >= 4 is 11.4 Å². The van der Waals surface area contributed by atoms with Gasteiger partial charge in [-0.2, -0.15) is 0 Å². The van der Waals surface area contributed by atoms with E-state index in [1.807, 2.05) is 24.3 Å². The lowest BCUT2D eigenvalue weighted by atomic mass is 10.2. The first-order chi connectivity index (χ1) is 5.18. The molecule has 1 aromatic carbocycles. The van der Waals surface area contributed by atoms with Gasteiger partial charge in [0.25, 0.3) is 0 Å². The average molecular weight is 150 g/mol. The van der Waals surface area contributed by atoms with Gasteiger partial charge in [-0.25, -0.2) is 0 Å². The van der Waals surface area contributed by atoms with Crippen LogP contribution in [-0.4, -0.2) is 6.04 Å². The molecule has 1 aromatic rings. The Hall–Kier alpha value is -1.18. The van der Waals surface area contributed by atoms with Crippen molar-refractivity contribution in [3.05, 3.63) is 24.3 Å². The molecule has 60 valence electrons. The molecular weight excluding hydrogens is 136 g/mol. The molecule has 0 atom stereocenters. The van der Waals surface area contributed by atoms with Gasteiger partial charge in [-0.1, -0.05) is 0 Å². The van der Waals surface area contributed by atoms with Crippen molar-refractivity contribution in [3.8, 4) is 0 Å². The SMILES string of the molecule is CC(C)Nc1ccc(N)cc1. The third kappa shape index (κ3) is 2.50. The molecule has 0 heterocycles. The Morgan fingerprint density at radius 2 is 1.73 bits per heavy atom. The second-order valence-electron chi connectivity index (χ2n) is 2.92. The van der Waals surface area contributed by atoms with E-state index in [0.29, 0.717) is 6.04 Å². The minimum atomic E-state index is 0.471. The monoisotopic (exact) mass is 150 g/mol. The lowest BCUT2D eigenvalue weighted by molar-refractivity contribution is 0.900. The maximum Gasteiger partial charge on any atom is 0.0343 e. The molecule has 0 radical (unpaired) electrons. The molecule has 0 aliphatic heterocycles. The summed E-state index contributed by atoms with van der Waals surface area (Å²) in [5.74, 6) is 0. The molecule has 3 N–H and O–H groups in total. The van der Waals surface area contributed by atoms with Crippen LogP contribution in [0.25, 0.3) is 0 Å². The smallest absolute Gasteiger partial charge is 0.0343 e. The average Bonchev–Trinajstić information content (AvgIpc) is 1.93. The van der Waals surface area contributed by atoms with Crippen LogP contribution in [0.4, 0.5) is 11.4 Å². The summed E-state index contributed by atoms with van der Waals surface area (Å²) in [4.78, 5) is 0. The van der Waals surface area contributed by atoms with Crippen LogP contribution in [0, 0.1) is 0 Å². The highest BCUT2D eigenvalue weighted by Crippen LogP contribution is 2.10. The van der Waals surface area contributed by atoms with E-state index in [1.165, 1.54) is 0 Å². The molecule has 0 spiro atoms. The van der Waals surface area contributed by atoms with Gasteiger partial charge in [-0.15, -0.1) is 0 Å². The van der Waals surface area contributed by atoms with Crippen LogP contribution in [0.15, 0.2) is 24.3 Å².